The summed E-state index contributed by atoms with van der Waals surface area (Å²) in [6.07, 6.45) is -0.122. The maximum Gasteiger partial charge on any atom is 0.405 e. The molecule has 1 heterocycles. The van der Waals surface area contributed by atoms with Crippen LogP contribution < -0.4 is 5.32 Å². The fourth-order valence-electron chi connectivity index (χ4n) is 3.03. The molecule has 1 atom stereocenters. The molecule has 3 rings (SSSR count). The predicted octanol–water partition coefficient (Wildman–Crippen LogP) is 5.46. The molecule has 0 spiro atoms. The summed E-state index contributed by atoms with van der Waals surface area (Å²) in [5, 5.41) is 11.6. The Morgan fingerprint density at radius 3 is 2.62 bits per heavy atom. The molecule has 2 aromatic carbocycles. The lowest BCUT2D eigenvalue weighted by atomic mass is 9.85. The summed E-state index contributed by atoms with van der Waals surface area (Å²) in [5.74, 6) is 0.934. The standard InChI is InChI=1S/C20H23NO2S/c1-20(2,3)15-6-4-5-13(11-15)14-7-8-16-17(21-19(22)23)9-10-24-18(16)12-14/h4-8,11-12,17,21H,9-10H2,1-3H3,(H,22,23). The molecule has 0 radical (unpaired) electrons. The van der Waals surface area contributed by atoms with Gasteiger partial charge in [-0.3, -0.25) is 0 Å². The van der Waals surface area contributed by atoms with Gasteiger partial charge >= 0.3 is 6.09 Å². The Labute approximate surface area is 147 Å². The number of hydrogen-bond acceptors (Lipinski definition) is 2. The summed E-state index contributed by atoms with van der Waals surface area (Å²) < 4.78 is 0. The van der Waals surface area contributed by atoms with E-state index in [1.165, 1.54) is 21.6 Å². The van der Waals surface area contributed by atoms with E-state index in [1.807, 2.05) is 0 Å². The van der Waals surface area contributed by atoms with Gasteiger partial charge in [-0.25, -0.2) is 4.79 Å². The zero-order chi connectivity index (χ0) is 17.3. The van der Waals surface area contributed by atoms with Gasteiger partial charge in [0.1, 0.15) is 0 Å². The topological polar surface area (TPSA) is 49.3 Å². The van der Waals surface area contributed by atoms with E-state index in [2.05, 4.69) is 68.6 Å². The Bertz CT molecular complexity index is 764. The first kappa shape index (κ1) is 16.9. The average Bonchev–Trinajstić information content (AvgIpc) is 2.53. The quantitative estimate of drug-likeness (QED) is 0.763. The molecule has 0 fully saturated rings. The highest BCUT2D eigenvalue weighted by atomic mass is 32.2. The highest BCUT2D eigenvalue weighted by Gasteiger charge is 2.22. The second-order valence-electron chi connectivity index (χ2n) is 7.22. The Morgan fingerprint density at radius 1 is 1.17 bits per heavy atom. The van der Waals surface area contributed by atoms with Crippen LogP contribution in [0.25, 0.3) is 11.1 Å². The van der Waals surface area contributed by atoms with E-state index in [9.17, 15) is 4.79 Å². The van der Waals surface area contributed by atoms with Crippen LogP contribution >= 0.6 is 11.8 Å². The fraction of sp³-hybridized carbons (Fsp3) is 0.350. The maximum atomic E-state index is 11.0. The third-order valence-corrected chi connectivity index (χ3v) is 5.52. The second kappa shape index (κ2) is 6.52. The zero-order valence-corrected chi connectivity index (χ0v) is 15.1. The molecule has 3 nitrogen and oxygen atoms in total. The van der Waals surface area contributed by atoms with Crippen molar-refractivity contribution >= 4 is 17.9 Å². The molecule has 1 amide bonds. The predicted molar refractivity (Wildman–Crippen MR) is 99.8 cm³/mol. The van der Waals surface area contributed by atoms with Crippen molar-refractivity contribution in [2.75, 3.05) is 5.75 Å². The number of carboxylic acid groups (broad SMARTS) is 1. The van der Waals surface area contributed by atoms with Crippen molar-refractivity contribution in [1.29, 1.82) is 0 Å². The van der Waals surface area contributed by atoms with Crippen LogP contribution in [-0.2, 0) is 5.41 Å². The van der Waals surface area contributed by atoms with Crippen LogP contribution in [0.5, 0.6) is 0 Å². The molecule has 0 aliphatic carbocycles. The number of amides is 1. The van der Waals surface area contributed by atoms with Crippen molar-refractivity contribution in [3.63, 3.8) is 0 Å². The van der Waals surface area contributed by atoms with Crippen molar-refractivity contribution in [2.45, 2.75) is 43.5 Å². The average molecular weight is 341 g/mol. The minimum absolute atomic E-state index is 0.103. The molecule has 126 valence electrons. The molecule has 1 unspecified atom stereocenters. The molecule has 0 aromatic heterocycles. The van der Waals surface area contributed by atoms with Crippen molar-refractivity contribution in [3.8, 4) is 11.1 Å². The first-order valence-electron chi connectivity index (χ1n) is 8.22. The van der Waals surface area contributed by atoms with Gasteiger partial charge in [0, 0.05) is 10.6 Å². The summed E-state index contributed by atoms with van der Waals surface area (Å²) in [7, 11) is 0. The lowest BCUT2D eigenvalue weighted by molar-refractivity contribution is 0.189. The van der Waals surface area contributed by atoms with Crippen LogP contribution in [0, 0.1) is 0 Å². The monoisotopic (exact) mass is 341 g/mol. The molecular formula is C20H23NO2S. The first-order chi connectivity index (χ1) is 11.3. The lowest BCUT2D eigenvalue weighted by Crippen LogP contribution is -2.29. The highest BCUT2D eigenvalue weighted by Crippen LogP contribution is 2.39. The second-order valence-corrected chi connectivity index (χ2v) is 8.36. The SMILES string of the molecule is CC(C)(C)c1cccc(-c2ccc3c(c2)SCCC3NC(=O)O)c1. The van der Waals surface area contributed by atoms with Gasteiger partial charge in [-0.2, -0.15) is 0 Å². The summed E-state index contributed by atoms with van der Waals surface area (Å²) in [4.78, 5) is 12.2. The van der Waals surface area contributed by atoms with Crippen molar-refractivity contribution in [2.24, 2.45) is 0 Å². The number of fused-ring (bicyclic) bond motifs is 1. The Balaban J connectivity index is 1.96. The Kier molecular flexibility index (Phi) is 4.59. The van der Waals surface area contributed by atoms with Gasteiger partial charge in [0.25, 0.3) is 0 Å². The molecule has 2 aromatic rings. The van der Waals surface area contributed by atoms with E-state index in [-0.39, 0.29) is 11.5 Å². The van der Waals surface area contributed by atoms with Crippen molar-refractivity contribution in [3.05, 3.63) is 53.6 Å². The van der Waals surface area contributed by atoms with Crippen LogP contribution in [0.2, 0.25) is 0 Å². The van der Waals surface area contributed by atoms with E-state index in [1.54, 1.807) is 11.8 Å². The summed E-state index contributed by atoms with van der Waals surface area (Å²) >= 11 is 1.81. The zero-order valence-electron chi connectivity index (χ0n) is 14.3. The van der Waals surface area contributed by atoms with Crippen LogP contribution in [-0.4, -0.2) is 17.0 Å². The largest absolute Gasteiger partial charge is 0.465 e. The van der Waals surface area contributed by atoms with Crippen LogP contribution in [0.4, 0.5) is 4.79 Å². The van der Waals surface area contributed by atoms with Gasteiger partial charge in [0.2, 0.25) is 0 Å². The summed E-state index contributed by atoms with van der Waals surface area (Å²) in [6.45, 7) is 6.66. The van der Waals surface area contributed by atoms with Crippen LogP contribution in [0.15, 0.2) is 47.4 Å². The molecule has 0 saturated carbocycles. The van der Waals surface area contributed by atoms with Gasteiger partial charge in [-0.05, 0) is 40.2 Å². The molecule has 0 bridgehead atoms. The van der Waals surface area contributed by atoms with E-state index in [0.717, 1.165) is 17.7 Å². The van der Waals surface area contributed by atoms with E-state index in [0.29, 0.717) is 0 Å². The molecule has 24 heavy (non-hydrogen) atoms. The highest BCUT2D eigenvalue weighted by molar-refractivity contribution is 7.99. The molecular weight excluding hydrogens is 318 g/mol. The molecule has 2 N–H and O–H groups in total. The van der Waals surface area contributed by atoms with Gasteiger partial charge < -0.3 is 10.4 Å². The van der Waals surface area contributed by atoms with Crippen molar-refractivity contribution < 1.29 is 9.90 Å². The maximum absolute atomic E-state index is 11.0. The minimum Gasteiger partial charge on any atom is -0.465 e. The smallest absolute Gasteiger partial charge is 0.405 e. The molecule has 1 aliphatic heterocycles. The number of carbonyl (C=O) groups is 1. The number of hydrogen-bond donors (Lipinski definition) is 2. The minimum atomic E-state index is -0.959. The lowest BCUT2D eigenvalue weighted by Gasteiger charge is -2.25. The summed E-state index contributed by atoms with van der Waals surface area (Å²) in [6, 6.07) is 14.9. The van der Waals surface area contributed by atoms with Crippen LogP contribution in [0.3, 0.4) is 0 Å². The number of benzene rings is 2. The van der Waals surface area contributed by atoms with Crippen molar-refractivity contribution in [1.82, 2.24) is 5.32 Å². The van der Waals surface area contributed by atoms with Gasteiger partial charge in [0.05, 0.1) is 6.04 Å². The number of nitrogens with one attached hydrogen (secondary N) is 1. The number of thioether (sulfide) groups is 1. The molecule has 0 saturated heterocycles. The van der Waals surface area contributed by atoms with Gasteiger partial charge in [-0.1, -0.05) is 57.2 Å². The first-order valence-corrected chi connectivity index (χ1v) is 9.20. The molecule has 4 heteroatoms. The Morgan fingerprint density at radius 2 is 1.92 bits per heavy atom. The normalized spacial score (nSPS) is 17.2. The molecule has 1 aliphatic rings. The van der Waals surface area contributed by atoms with Gasteiger partial charge in [0.15, 0.2) is 0 Å². The van der Waals surface area contributed by atoms with E-state index < -0.39 is 6.09 Å². The van der Waals surface area contributed by atoms with Gasteiger partial charge in [-0.15, -0.1) is 11.8 Å². The summed E-state index contributed by atoms with van der Waals surface area (Å²) in [5.41, 5.74) is 4.91. The fourth-order valence-corrected chi connectivity index (χ4v) is 4.19. The van der Waals surface area contributed by atoms with Crippen LogP contribution in [0.1, 0.15) is 44.4 Å². The number of rotatable bonds is 2. The third kappa shape index (κ3) is 3.59. The van der Waals surface area contributed by atoms with E-state index >= 15 is 0 Å². The third-order valence-electron chi connectivity index (χ3n) is 4.41. The Hall–Kier alpha value is -1.94. The van der Waals surface area contributed by atoms with E-state index in [4.69, 9.17) is 5.11 Å².